The first-order valence-electron chi connectivity index (χ1n) is 10.5. The summed E-state index contributed by atoms with van der Waals surface area (Å²) in [6.45, 7) is 2.52. The first kappa shape index (κ1) is 26.4. The van der Waals surface area contributed by atoms with Crippen LogP contribution in [0.4, 0.5) is 0 Å². The van der Waals surface area contributed by atoms with Gasteiger partial charge in [-0.25, -0.2) is 0 Å². The van der Waals surface area contributed by atoms with Crippen molar-refractivity contribution in [2.75, 3.05) is 20.3 Å². The van der Waals surface area contributed by atoms with E-state index in [9.17, 15) is 9.59 Å². The zero-order valence-electron chi connectivity index (χ0n) is 18.6. The number of thiocarbonyl (C=S) groups is 1. The average molecular weight is 538 g/mol. The molecule has 2 amide bonds. The molecule has 8 nitrogen and oxygen atoms in total. The second kappa shape index (κ2) is 14.3. The van der Waals surface area contributed by atoms with Gasteiger partial charge in [0.25, 0.3) is 11.8 Å². The van der Waals surface area contributed by atoms with Gasteiger partial charge in [-0.15, -0.1) is 0 Å². The monoisotopic (exact) mass is 537 g/mol. The molecule has 0 aliphatic heterocycles. The van der Waals surface area contributed by atoms with E-state index in [1.807, 2.05) is 0 Å². The normalized spacial score (nSPS) is 10.2. The summed E-state index contributed by atoms with van der Waals surface area (Å²) in [4.78, 5) is 24.4. The Morgan fingerprint density at radius 2 is 1.73 bits per heavy atom. The fourth-order valence-electron chi connectivity index (χ4n) is 2.72. The van der Waals surface area contributed by atoms with Crippen molar-refractivity contribution in [1.29, 1.82) is 0 Å². The highest BCUT2D eigenvalue weighted by atomic mass is 79.9. The molecule has 10 heteroatoms. The van der Waals surface area contributed by atoms with Crippen molar-refractivity contribution >= 4 is 45.1 Å². The fraction of sp³-hybridized carbons (Fsp3) is 0.348. The molecule has 0 saturated carbocycles. The zero-order chi connectivity index (χ0) is 24.1. The summed E-state index contributed by atoms with van der Waals surface area (Å²) in [5, 5.41) is 2.44. The molecule has 0 bridgehead atoms. The highest BCUT2D eigenvalue weighted by Gasteiger charge is 2.12. The summed E-state index contributed by atoms with van der Waals surface area (Å²) in [5.41, 5.74) is 5.22. The molecule has 0 saturated heterocycles. The van der Waals surface area contributed by atoms with Gasteiger partial charge < -0.3 is 14.2 Å². The molecule has 0 aromatic heterocycles. The van der Waals surface area contributed by atoms with Crippen LogP contribution in [0.2, 0.25) is 0 Å². The number of halogens is 1. The Bertz CT molecular complexity index is 957. The number of carbonyl (C=O) groups excluding carboxylic acids is 2. The minimum Gasteiger partial charge on any atom is -0.493 e. The SMILES string of the molecule is CCCCCCOc1ccc(C(=O)NC(=S)NNC(=O)COc2ccccc2OC)cc1Br. The van der Waals surface area contributed by atoms with Crippen LogP contribution < -0.4 is 30.4 Å². The van der Waals surface area contributed by atoms with E-state index in [1.165, 1.54) is 20.0 Å². The molecular formula is C23H28BrN3O5S. The molecule has 0 spiro atoms. The molecule has 0 atom stereocenters. The lowest BCUT2D eigenvalue weighted by atomic mass is 10.2. The summed E-state index contributed by atoms with van der Waals surface area (Å²) < 4.78 is 17.0. The molecule has 0 radical (unpaired) electrons. The molecule has 2 aromatic rings. The highest BCUT2D eigenvalue weighted by molar-refractivity contribution is 9.10. The van der Waals surface area contributed by atoms with Gasteiger partial charge in [-0.2, -0.15) is 0 Å². The number of hydrazine groups is 1. The molecule has 0 heterocycles. The quantitative estimate of drug-likeness (QED) is 0.225. The Kier molecular flexibility index (Phi) is 11.5. The van der Waals surface area contributed by atoms with Gasteiger partial charge in [-0.3, -0.25) is 25.8 Å². The highest BCUT2D eigenvalue weighted by Crippen LogP contribution is 2.27. The van der Waals surface area contributed by atoms with Gasteiger partial charge in [0.2, 0.25) is 0 Å². The predicted molar refractivity (Wildman–Crippen MR) is 134 cm³/mol. The van der Waals surface area contributed by atoms with E-state index in [0.717, 1.165) is 12.8 Å². The third kappa shape index (κ3) is 9.27. The summed E-state index contributed by atoms with van der Waals surface area (Å²) in [6, 6.07) is 12.0. The molecular weight excluding hydrogens is 510 g/mol. The number of hydrogen-bond acceptors (Lipinski definition) is 6. The Hall–Kier alpha value is -2.85. The van der Waals surface area contributed by atoms with Crippen LogP contribution in [0.25, 0.3) is 0 Å². The van der Waals surface area contributed by atoms with Crippen LogP contribution in [-0.2, 0) is 4.79 Å². The average Bonchev–Trinajstić information content (AvgIpc) is 2.82. The Labute approximate surface area is 207 Å². The minimum absolute atomic E-state index is 0.0574. The number of methoxy groups -OCH3 is 1. The molecule has 3 N–H and O–H groups in total. The van der Waals surface area contributed by atoms with E-state index < -0.39 is 11.8 Å². The lowest BCUT2D eigenvalue weighted by Crippen LogP contribution is -2.49. The lowest BCUT2D eigenvalue weighted by molar-refractivity contribution is -0.123. The Morgan fingerprint density at radius 3 is 2.42 bits per heavy atom. The molecule has 33 heavy (non-hydrogen) atoms. The predicted octanol–water partition coefficient (Wildman–Crippen LogP) is 4.13. The maximum Gasteiger partial charge on any atom is 0.276 e. The van der Waals surface area contributed by atoms with Crippen LogP contribution in [-0.4, -0.2) is 37.3 Å². The van der Waals surface area contributed by atoms with E-state index in [-0.39, 0.29) is 11.7 Å². The molecule has 0 fully saturated rings. The van der Waals surface area contributed by atoms with Gasteiger partial charge >= 0.3 is 0 Å². The van der Waals surface area contributed by atoms with Crippen LogP contribution >= 0.6 is 28.1 Å². The van der Waals surface area contributed by atoms with Crippen LogP contribution in [0.1, 0.15) is 43.0 Å². The van der Waals surface area contributed by atoms with Gasteiger partial charge in [-0.05, 0) is 64.9 Å². The van der Waals surface area contributed by atoms with Gasteiger partial charge in [0, 0.05) is 5.56 Å². The Balaban J connectivity index is 1.75. The van der Waals surface area contributed by atoms with Crippen LogP contribution in [0.5, 0.6) is 17.2 Å². The van der Waals surface area contributed by atoms with Gasteiger partial charge in [0.05, 0.1) is 18.2 Å². The molecule has 0 aliphatic carbocycles. The largest absolute Gasteiger partial charge is 0.493 e. The van der Waals surface area contributed by atoms with Crippen molar-refractivity contribution in [1.82, 2.24) is 16.2 Å². The van der Waals surface area contributed by atoms with E-state index >= 15 is 0 Å². The van der Waals surface area contributed by atoms with E-state index in [1.54, 1.807) is 42.5 Å². The first-order valence-corrected chi connectivity index (χ1v) is 11.7. The maximum atomic E-state index is 12.4. The number of rotatable bonds is 11. The number of carbonyl (C=O) groups is 2. The molecule has 2 aromatic carbocycles. The van der Waals surface area contributed by atoms with Crippen molar-refractivity contribution in [3.63, 3.8) is 0 Å². The third-order valence-corrected chi connectivity index (χ3v) is 5.24. The standard InChI is InChI=1S/C23H28BrN3O5S/c1-3-4-5-8-13-31-18-12-11-16(14-17(18)24)22(29)25-23(33)27-26-21(28)15-32-20-10-7-6-9-19(20)30-2/h6-7,9-12,14H,3-5,8,13,15H2,1-2H3,(H,26,28)(H2,25,27,29,33). The van der Waals surface area contributed by atoms with Crippen molar-refractivity contribution in [2.24, 2.45) is 0 Å². The third-order valence-electron chi connectivity index (χ3n) is 4.42. The molecule has 2 rings (SSSR count). The smallest absolute Gasteiger partial charge is 0.276 e. The van der Waals surface area contributed by atoms with Crippen LogP contribution in [0, 0.1) is 0 Å². The molecule has 0 aliphatic rings. The second-order valence-electron chi connectivity index (χ2n) is 6.95. The number of nitrogens with one attached hydrogen (secondary N) is 3. The number of para-hydroxylation sites is 2. The van der Waals surface area contributed by atoms with Crippen LogP contribution in [0.3, 0.4) is 0 Å². The first-order chi connectivity index (χ1) is 15.9. The summed E-state index contributed by atoms with van der Waals surface area (Å²) in [5.74, 6) is 0.707. The van der Waals surface area contributed by atoms with Gasteiger partial charge in [0.15, 0.2) is 23.2 Å². The molecule has 178 valence electrons. The Morgan fingerprint density at radius 1 is 0.970 bits per heavy atom. The van der Waals surface area contributed by atoms with Crippen molar-refractivity contribution in [3.8, 4) is 17.2 Å². The van der Waals surface area contributed by atoms with Crippen molar-refractivity contribution in [3.05, 3.63) is 52.5 Å². The zero-order valence-corrected chi connectivity index (χ0v) is 21.0. The molecule has 0 unspecified atom stereocenters. The summed E-state index contributed by atoms with van der Waals surface area (Å²) in [6.07, 6.45) is 4.47. The van der Waals surface area contributed by atoms with Crippen molar-refractivity contribution in [2.45, 2.75) is 32.6 Å². The number of benzene rings is 2. The second-order valence-corrected chi connectivity index (χ2v) is 8.21. The maximum absolute atomic E-state index is 12.4. The van der Waals surface area contributed by atoms with E-state index in [2.05, 4.69) is 39.0 Å². The summed E-state index contributed by atoms with van der Waals surface area (Å²) >= 11 is 8.49. The van der Waals surface area contributed by atoms with Crippen LogP contribution in [0.15, 0.2) is 46.9 Å². The number of hydrogen-bond donors (Lipinski definition) is 3. The van der Waals surface area contributed by atoms with Gasteiger partial charge in [0.1, 0.15) is 5.75 Å². The van der Waals surface area contributed by atoms with E-state index in [4.69, 9.17) is 26.4 Å². The van der Waals surface area contributed by atoms with E-state index in [0.29, 0.717) is 33.9 Å². The fourth-order valence-corrected chi connectivity index (χ4v) is 3.36. The number of amides is 2. The van der Waals surface area contributed by atoms with Gasteiger partial charge in [-0.1, -0.05) is 38.3 Å². The summed E-state index contributed by atoms with van der Waals surface area (Å²) in [7, 11) is 1.51. The number of ether oxygens (including phenoxy) is 3. The minimum atomic E-state index is -0.485. The lowest BCUT2D eigenvalue weighted by Gasteiger charge is -2.13. The number of unbranched alkanes of at least 4 members (excludes halogenated alkanes) is 3. The topological polar surface area (TPSA) is 97.9 Å². The van der Waals surface area contributed by atoms with Crippen molar-refractivity contribution < 1.29 is 23.8 Å².